The average Bonchev–Trinajstić information content (AvgIpc) is 2.46. The molecule has 26 heavy (non-hydrogen) atoms. The number of aryl methyl sites for hydroxylation is 2. The molecule has 0 spiro atoms. The molecule has 0 amide bonds. The Morgan fingerprint density at radius 2 is 1.38 bits per heavy atom. The summed E-state index contributed by atoms with van der Waals surface area (Å²) in [6.07, 6.45) is 1.01. The molecule has 2 N–H and O–H groups in total. The fourth-order valence-electron chi connectivity index (χ4n) is 2.65. The smallest absolute Gasteiger partial charge is 0.262 e. The number of anilines is 2. The van der Waals surface area contributed by atoms with Crippen LogP contribution in [-0.4, -0.2) is 23.1 Å². The molecule has 2 aromatic carbocycles. The Labute approximate surface area is 159 Å². The summed E-state index contributed by atoms with van der Waals surface area (Å²) in [5, 5.41) is 0.0875. The molecule has 0 saturated heterocycles. The van der Waals surface area contributed by atoms with Crippen LogP contribution in [0.3, 0.4) is 0 Å². The predicted molar refractivity (Wildman–Crippen MR) is 106 cm³/mol. The Kier molecular flexibility index (Phi) is 5.60. The van der Waals surface area contributed by atoms with Gasteiger partial charge in [-0.2, -0.15) is 0 Å². The highest BCUT2D eigenvalue weighted by atomic mass is 35.5. The maximum atomic E-state index is 12.9. The van der Waals surface area contributed by atoms with E-state index in [4.69, 9.17) is 11.6 Å². The Balaban J connectivity index is 2.44. The van der Waals surface area contributed by atoms with Gasteiger partial charge in [-0.1, -0.05) is 17.7 Å². The number of nitrogens with one attached hydrogen (secondary N) is 2. The van der Waals surface area contributed by atoms with Gasteiger partial charge in [-0.15, -0.1) is 0 Å². The summed E-state index contributed by atoms with van der Waals surface area (Å²) < 4.78 is 53.2. The van der Waals surface area contributed by atoms with E-state index in [-0.39, 0.29) is 21.3 Å². The van der Waals surface area contributed by atoms with E-state index in [2.05, 4.69) is 9.44 Å². The normalized spacial score (nSPS) is 12.1. The molecule has 0 heterocycles. The highest BCUT2D eigenvalue weighted by molar-refractivity contribution is 7.93. The second-order valence-electron chi connectivity index (χ2n) is 6.26. The van der Waals surface area contributed by atoms with Crippen molar-refractivity contribution in [3.05, 3.63) is 51.5 Å². The van der Waals surface area contributed by atoms with Crippen molar-refractivity contribution in [3.8, 4) is 0 Å². The van der Waals surface area contributed by atoms with Gasteiger partial charge in [0.2, 0.25) is 10.0 Å². The van der Waals surface area contributed by atoms with Crippen molar-refractivity contribution in [2.45, 2.75) is 32.6 Å². The minimum atomic E-state index is -3.83. The first-order valence-corrected chi connectivity index (χ1v) is 11.4. The van der Waals surface area contributed by atoms with Gasteiger partial charge in [0.1, 0.15) is 0 Å². The zero-order chi connectivity index (χ0) is 19.9. The summed E-state index contributed by atoms with van der Waals surface area (Å²) in [7, 11) is -7.32. The van der Waals surface area contributed by atoms with Gasteiger partial charge in [-0.05, 0) is 68.1 Å². The second kappa shape index (κ2) is 7.09. The second-order valence-corrected chi connectivity index (χ2v) is 10.0. The van der Waals surface area contributed by atoms with Crippen LogP contribution in [0, 0.1) is 27.7 Å². The molecular weight excluding hydrogens is 396 g/mol. The molecule has 0 aliphatic carbocycles. The van der Waals surface area contributed by atoms with Gasteiger partial charge in [-0.25, -0.2) is 16.8 Å². The molecule has 0 unspecified atom stereocenters. The van der Waals surface area contributed by atoms with Gasteiger partial charge in [0.15, 0.2) is 0 Å². The Morgan fingerprint density at radius 3 is 1.85 bits per heavy atom. The summed E-state index contributed by atoms with van der Waals surface area (Å²) in [5.74, 6) is 0. The zero-order valence-corrected chi connectivity index (χ0v) is 17.5. The summed E-state index contributed by atoms with van der Waals surface area (Å²) in [4.78, 5) is 0.240. The third-order valence-electron chi connectivity index (χ3n) is 4.08. The molecule has 142 valence electrons. The molecule has 0 atom stereocenters. The van der Waals surface area contributed by atoms with E-state index in [1.54, 1.807) is 13.8 Å². The summed E-state index contributed by atoms with van der Waals surface area (Å²) in [5.41, 5.74) is 3.56. The quantitative estimate of drug-likeness (QED) is 0.776. The average molecular weight is 417 g/mol. The maximum absolute atomic E-state index is 12.9. The van der Waals surface area contributed by atoms with Crippen LogP contribution >= 0.6 is 11.6 Å². The first-order valence-electron chi connectivity index (χ1n) is 7.69. The van der Waals surface area contributed by atoms with E-state index in [1.165, 1.54) is 18.2 Å². The number of halogens is 1. The molecule has 0 aliphatic rings. The summed E-state index contributed by atoms with van der Waals surface area (Å²) in [6, 6.07) is 6.17. The van der Waals surface area contributed by atoms with Crippen molar-refractivity contribution in [3.63, 3.8) is 0 Å². The lowest BCUT2D eigenvalue weighted by atomic mass is 10.0. The van der Waals surface area contributed by atoms with Gasteiger partial charge in [0.25, 0.3) is 10.0 Å². The van der Waals surface area contributed by atoms with E-state index in [0.717, 1.165) is 17.4 Å². The third-order valence-corrected chi connectivity index (χ3v) is 6.64. The lowest BCUT2D eigenvalue weighted by Crippen LogP contribution is -2.17. The Bertz CT molecular complexity index is 1050. The van der Waals surface area contributed by atoms with E-state index in [9.17, 15) is 16.8 Å². The van der Waals surface area contributed by atoms with Crippen LogP contribution in [0.15, 0.2) is 29.2 Å². The molecular formula is C17H21ClN2O4S2. The zero-order valence-electron chi connectivity index (χ0n) is 15.1. The first kappa shape index (κ1) is 20.5. The van der Waals surface area contributed by atoms with Crippen molar-refractivity contribution >= 4 is 43.0 Å². The van der Waals surface area contributed by atoms with Gasteiger partial charge in [-0.3, -0.25) is 9.44 Å². The number of sulfonamides is 2. The SMILES string of the molecule is Cc1cc(C)c(C)c(S(=O)(=O)Nc2ccc(NS(C)(=O)=O)c(Cl)c2)c1C. The topological polar surface area (TPSA) is 92.3 Å². The van der Waals surface area contributed by atoms with Crippen molar-refractivity contribution in [2.24, 2.45) is 0 Å². The van der Waals surface area contributed by atoms with Crippen molar-refractivity contribution in [2.75, 3.05) is 15.7 Å². The Hall–Kier alpha value is -1.77. The molecule has 9 heteroatoms. The maximum Gasteiger partial charge on any atom is 0.262 e. The molecule has 0 radical (unpaired) electrons. The number of rotatable bonds is 5. The van der Waals surface area contributed by atoms with Crippen LogP contribution in [0.5, 0.6) is 0 Å². The highest BCUT2D eigenvalue weighted by Crippen LogP contribution is 2.30. The van der Waals surface area contributed by atoms with E-state index in [0.29, 0.717) is 11.1 Å². The lowest BCUT2D eigenvalue weighted by Gasteiger charge is -2.17. The lowest BCUT2D eigenvalue weighted by molar-refractivity contribution is 0.599. The number of hydrogen-bond acceptors (Lipinski definition) is 4. The van der Waals surface area contributed by atoms with E-state index in [1.807, 2.05) is 19.9 Å². The fraction of sp³-hybridized carbons (Fsp3) is 0.294. The Morgan fingerprint density at radius 1 is 0.846 bits per heavy atom. The van der Waals surface area contributed by atoms with Crippen molar-refractivity contribution < 1.29 is 16.8 Å². The highest BCUT2D eigenvalue weighted by Gasteiger charge is 2.22. The first-order chi connectivity index (χ1) is 11.8. The fourth-order valence-corrected chi connectivity index (χ4v) is 5.18. The molecule has 0 fully saturated rings. The van der Waals surface area contributed by atoms with Gasteiger partial charge >= 0.3 is 0 Å². The minimum Gasteiger partial charge on any atom is -0.282 e. The van der Waals surface area contributed by atoms with Crippen LogP contribution in [0.4, 0.5) is 11.4 Å². The molecule has 0 aromatic heterocycles. The van der Waals surface area contributed by atoms with E-state index >= 15 is 0 Å². The molecule has 2 rings (SSSR count). The molecule has 6 nitrogen and oxygen atoms in total. The van der Waals surface area contributed by atoms with Crippen LogP contribution in [0.2, 0.25) is 5.02 Å². The number of benzene rings is 2. The molecule has 0 saturated carbocycles. The summed E-state index contributed by atoms with van der Waals surface area (Å²) in [6.45, 7) is 7.26. The monoisotopic (exact) mass is 416 g/mol. The summed E-state index contributed by atoms with van der Waals surface area (Å²) >= 11 is 6.06. The minimum absolute atomic E-state index is 0.0875. The van der Waals surface area contributed by atoms with Crippen LogP contribution in [-0.2, 0) is 20.0 Å². The van der Waals surface area contributed by atoms with E-state index < -0.39 is 20.0 Å². The molecule has 0 aliphatic heterocycles. The van der Waals surface area contributed by atoms with Crippen LogP contribution in [0.25, 0.3) is 0 Å². The largest absolute Gasteiger partial charge is 0.282 e. The number of hydrogen-bond donors (Lipinski definition) is 2. The van der Waals surface area contributed by atoms with Gasteiger partial charge in [0, 0.05) is 0 Å². The van der Waals surface area contributed by atoms with Gasteiger partial charge in [0.05, 0.1) is 27.5 Å². The predicted octanol–water partition coefficient (Wildman–Crippen LogP) is 3.75. The standard InChI is InChI=1S/C17H21ClN2O4S2/c1-10-8-11(2)13(4)17(12(10)3)26(23,24)19-14-6-7-16(15(18)9-14)20-25(5,21)22/h6-9,19-20H,1-5H3. The van der Waals surface area contributed by atoms with Crippen molar-refractivity contribution in [1.29, 1.82) is 0 Å². The van der Waals surface area contributed by atoms with Crippen LogP contribution < -0.4 is 9.44 Å². The van der Waals surface area contributed by atoms with Gasteiger partial charge < -0.3 is 0 Å². The third kappa shape index (κ3) is 4.49. The van der Waals surface area contributed by atoms with Crippen LogP contribution in [0.1, 0.15) is 22.3 Å². The molecule has 0 bridgehead atoms. The van der Waals surface area contributed by atoms with Crippen molar-refractivity contribution in [1.82, 2.24) is 0 Å². The molecule has 2 aromatic rings.